The summed E-state index contributed by atoms with van der Waals surface area (Å²) in [6, 6.07) is 6.49. The van der Waals surface area contributed by atoms with Crippen LogP contribution < -0.4 is 0 Å². The highest BCUT2D eigenvalue weighted by Crippen LogP contribution is 2.31. The Hall–Kier alpha value is -0.820. The lowest BCUT2D eigenvalue weighted by atomic mass is 9.85. The SMILES string of the molecule is CC(C)c1ccc(C(C)C)c(C(C)(C)O)c1. The van der Waals surface area contributed by atoms with Gasteiger partial charge in [0.2, 0.25) is 0 Å². The van der Waals surface area contributed by atoms with Crippen LogP contribution in [-0.4, -0.2) is 5.11 Å². The molecule has 1 nitrogen and oxygen atoms in total. The Balaban J connectivity index is 3.33. The van der Waals surface area contributed by atoms with Crippen molar-refractivity contribution in [1.29, 1.82) is 0 Å². The zero-order chi connectivity index (χ0) is 12.5. The zero-order valence-electron chi connectivity index (χ0n) is 11.3. The zero-order valence-corrected chi connectivity index (χ0v) is 11.3. The first-order valence-electron chi connectivity index (χ1n) is 6.10. The van der Waals surface area contributed by atoms with Crippen molar-refractivity contribution in [2.24, 2.45) is 0 Å². The van der Waals surface area contributed by atoms with Crippen LogP contribution in [0.1, 0.15) is 70.1 Å². The molecule has 90 valence electrons. The Bertz CT molecular complexity index is 356. The first-order valence-corrected chi connectivity index (χ1v) is 6.10. The predicted molar refractivity (Wildman–Crippen MR) is 69.9 cm³/mol. The molecule has 0 atom stereocenters. The molecule has 0 saturated heterocycles. The molecule has 0 aliphatic rings. The number of hydrogen-bond acceptors (Lipinski definition) is 1. The molecular weight excluding hydrogens is 196 g/mol. The summed E-state index contributed by atoms with van der Waals surface area (Å²) in [5, 5.41) is 10.2. The number of rotatable bonds is 3. The summed E-state index contributed by atoms with van der Waals surface area (Å²) in [6.07, 6.45) is 0. The summed E-state index contributed by atoms with van der Waals surface area (Å²) >= 11 is 0. The van der Waals surface area contributed by atoms with Gasteiger partial charge < -0.3 is 5.11 Å². The van der Waals surface area contributed by atoms with Crippen molar-refractivity contribution in [3.63, 3.8) is 0 Å². The summed E-state index contributed by atoms with van der Waals surface area (Å²) in [4.78, 5) is 0. The number of aliphatic hydroxyl groups is 1. The van der Waals surface area contributed by atoms with Crippen LogP contribution in [0, 0.1) is 0 Å². The third-order valence-electron chi connectivity index (χ3n) is 3.03. The van der Waals surface area contributed by atoms with Crippen LogP contribution in [0.3, 0.4) is 0 Å². The lowest BCUT2D eigenvalue weighted by Crippen LogP contribution is -2.19. The number of hydrogen-bond donors (Lipinski definition) is 1. The molecule has 0 aliphatic carbocycles. The molecule has 1 aromatic rings. The Kier molecular flexibility index (Phi) is 3.80. The molecule has 0 fully saturated rings. The first kappa shape index (κ1) is 13.2. The minimum absolute atomic E-state index is 0.447. The molecule has 0 aliphatic heterocycles. The van der Waals surface area contributed by atoms with E-state index in [9.17, 15) is 5.11 Å². The van der Waals surface area contributed by atoms with Crippen molar-refractivity contribution in [2.75, 3.05) is 0 Å². The van der Waals surface area contributed by atoms with Crippen LogP contribution in [0.5, 0.6) is 0 Å². The minimum Gasteiger partial charge on any atom is -0.386 e. The van der Waals surface area contributed by atoms with Crippen molar-refractivity contribution >= 4 is 0 Å². The fraction of sp³-hybridized carbons (Fsp3) is 0.600. The maximum atomic E-state index is 10.2. The second kappa shape index (κ2) is 4.58. The largest absolute Gasteiger partial charge is 0.386 e. The van der Waals surface area contributed by atoms with Gasteiger partial charge in [0.15, 0.2) is 0 Å². The van der Waals surface area contributed by atoms with E-state index >= 15 is 0 Å². The molecule has 0 amide bonds. The molecule has 0 unspecified atom stereocenters. The van der Waals surface area contributed by atoms with Crippen LogP contribution in [0.25, 0.3) is 0 Å². The van der Waals surface area contributed by atoms with Gasteiger partial charge in [-0.1, -0.05) is 45.9 Å². The van der Waals surface area contributed by atoms with E-state index in [1.165, 1.54) is 11.1 Å². The summed E-state index contributed by atoms with van der Waals surface area (Å²) < 4.78 is 0. The molecular formula is C15H24O. The standard InChI is InChI=1S/C15H24O/c1-10(2)12-7-8-13(11(3)4)14(9-12)15(5,6)16/h7-11,16H,1-6H3. The van der Waals surface area contributed by atoms with E-state index in [0.29, 0.717) is 11.8 Å². The Labute approximate surface area is 99.5 Å². The van der Waals surface area contributed by atoms with E-state index < -0.39 is 5.60 Å². The highest BCUT2D eigenvalue weighted by Gasteiger charge is 2.22. The van der Waals surface area contributed by atoms with Crippen LogP contribution in [0.4, 0.5) is 0 Å². The van der Waals surface area contributed by atoms with Crippen molar-refractivity contribution in [3.05, 3.63) is 34.9 Å². The molecule has 0 bridgehead atoms. The average Bonchev–Trinajstić information content (AvgIpc) is 2.15. The van der Waals surface area contributed by atoms with Gasteiger partial charge in [-0.25, -0.2) is 0 Å². The van der Waals surface area contributed by atoms with Gasteiger partial charge in [-0.15, -0.1) is 0 Å². The smallest absolute Gasteiger partial charge is 0.0843 e. The van der Waals surface area contributed by atoms with Crippen molar-refractivity contribution in [1.82, 2.24) is 0 Å². The Morgan fingerprint density at radius 3 is 1.94 bits per heavy atom. The summed E-state index contributed by atoms with van der Waals surface area (Å²) in [6.45, 7) is 12.4. The molecule has 0 aromatic heterocycles. The van der Waals surface area contributed by atoms with Crippen molar-refractivity contribution in [3.8, 4) is 0 Å². The van der Waals surface area contributed by atoms with E-state index in [0.717, 1.165) is 5.56 Å². The molecule has 16 heavy (non-hydrogen) atoms. The fourth-order valence-corrected chi connectivity index (χ4v) is 1.97. The van der Waals surface area contributed by atoms with Gasteiger partial charge in [0, 0.05) is 0 Å². The van der Waals surface area contributed by atoms with E-state index in [-0.39, 0.29) is 0 Å². The molecule has 0 radical (unpaired) electrons. The second-order valence-electron chi connectivity index (χ2n) is 5.72. The van der Waals surface area contributed by atoms with Gasteiger partial charge >= 0.3 is 0 Å². The van der Waals surface area contributed by atoms with E-state index in [4.69, 9.17) is 0 Å². The normalized spacial score (nSPS) is 12.6. The molecule has 1 heteroatoms. The summed E-state index contributed by atoms with van der Waals surface area (Å²) in [7, 11) is 0. The lowest BCUT2D eigenvalue weighted by Gasteiger charge is -2.25. The highest BCUT2D eigenvalue weighted by atomic mass is 16.3. The fourth-order valence-electron chi connectivity index (χ4n) is 1.97. The first-order chi connectivity index (χ1) is 7.23. The topological polar surface area (TPSA) is 20.2 Å². The monoisotopic (exact) mass is 220 g/mol. The lowest BCUT2D eigenvalue weighted by molar-refractivity contribution is 0.0772. The molecule has 1 rings (SSSR count). The van der Waals surface area contributed by atoms with Crippen LogP contribution in [0.2, 0.25) is 0 Å². The van der Waals surface area contributed by atoms with Gasteiger partial charge in [-0.2, -0.15) is 0 Å². The molecule has 0 heterocycles. The molecule has 0 saturated carbocycles. The Morgan fingerprint density at radius 1 is 1.00 bits per heavy atom. The van der Waals surface area contributed by atoms with E-state index in [1.807, 2.05) is 13.8 Å². The van der Waals surface area contributed by atoms with Gasteiger partial charge in [0.05, 0.1) is 5.60 Å². The van der Waals surface area contributed by atoms with E-state index in [1.54, 1.807) is 0 Å². The quantitative estimate of drug-likeness (QED) is 0.811. The summed E-state index contributed by atoms with van der Waals surface area (Å²) in [5.41, 5.74) is 2.84. The van der Waals surface area contributed by atoms with Crippen molar-refractivity contribution in [2.45, 2.75) is 59.0 Å². The molecule has 0 spiro atoms. The van der Waals surface area contributed by atoms with Crippen molar-refractivity contribution < 1.29 is 5.11 Å². The van der Waals surface area contributed by atoms with Crippen LogP contribution >= 0.6 is 0 Å². The van der Waals surface area contributed by atoms with Gasteiger partial charge in [-0.05, 0) is 42.4 Å². The minimum atomic E-state index is -0.759. The molecule has 1 aromatic carbocycles. The third-order valence-corrected chi connectivity index (χ3v) is 3.03. The average molecular weight is 220 g/mol. The highest BCUT2D eigenvalue weighted by molar-refractivity contribution is 5.38. The van der Waals surface area contributed by atoms with Crippen LogP contribution in [0.15, 0.2) is 18.2 Å². The Morgan fingerprint density at radius 2 is 1.56 bits per heavy atom. The van der Waals surface area contributed by atoms with Crippen LogP contribution in [-0.2, 0) is 5.60 Å². The van der Waals surface area contributed by atoms with Gasteiger partial charge in [0.1, 0.15) is 0 Å². The van der Waals surface area contributed by atoms with Gasteiger partial charge in [0.25, 0.3) is 0 Å². The maximum absolute atomic E-state index is 10.2. The third kappa shape index (κ3) is 2.85. The van der Waals surface area contributed by atoms with E-state index in [2.05, 4.69) is 45.9 Å². The molecule has 1 N–H and O–H groups in total. The van der Waals surface area contributed by atoms with Gasteiger partial charge in [-0.3, -0.25) is 0 Å². The maximum Gasteiger partial charge on any atom is 0.0843 e. The predicted octanol–water partition coefficient (Wildman–Crippen LogP) is 4.16. The summed E-state index contributed by atoms with van der Waals surface area (Å²) in [5.74, 6) is 0.949. The second-order valence-corrected chi connectivity index (χ2v) is 5.72. The number of benzene rings is 1.